The van der Waals surface area contributed by atoms with Gasteiger partial charge in [0.2, 0.25) is 5.91 Å². The molecule has 1 aliphatic carbocycles. The van der Waals surface area contributed by atoms with Crippen molar-refractivity contribution in [2.45, 2.75) is 69.6 Å². The van der Waals surface area contributed by atoms with Crippen molar-refractivity contribution >= 4 is 27.5 Å². The molecule has 1 aromatic rings. The Morgan fingerprint density at radius 3 is 2.72 bits per heavy atom. The molecule has 6 heteroatoms. The SMILES string of the molecule is CC1(C)C(=O)N(C2CC(C)(N3CCCC(F)C3)C2)c2cc(Br)cnc21. The fourth-order valence-electron chi connectivity index (χ4n) is 4.78. The average molecular weight is 410 g/mol. The second kappa shape index (κ2) is 5.74. The Balaban J connectivity index is 1.56. The molecule has 3 aliphatic rings. The van der Waals surface area contributed by atoms with Crippen molar-refractivity contribution in [3.63, 3.8) is 0 Å². The maximum atomic E-state index is 13.8. The number of pyridine rings is 1. The van der Waals surface area contributed by atoms with Gasteiger partial charge in [-0.25, -0.2) is 4.39 Å². The van der Waals surface area contributed by atoms with Crippen LogP contribution in [0.2, 0.25) is 0 Å². The Kier molecular flexibility index (Phi) is 4.00. The monoisotopic (exact) mass is 409 g/mol. The van der Waals surface area contributed by atoms with Gasteiger partial charge in [0, 0.05) is 28.8 Å². The highest BCUT2D eigenvalue weighted by atomic mass is 79.9. The predicted molar refractivity (Wildman–Crippen MR) is 99.6 cm³/mol. The third kappa shape index (κ3) is 2.64. The lowest BCUT2D eigenvalue weighted by molar-refractivity contribution is -0.124. The van der Waals surface area contributed by atoms with Crippen LogP contribution in [-0.4, -0.2) is 46.6 Å². The number of piperidine rings is 1. The molecular formula is C19H25BrFN3O. The number of fused-ring (bicyclic) bond motifs is 1. The lowest BCUT2D eigenvalue weighted by atomic mass is 9.71. The van der Waals surface area contributed by atoms with Gasteiger partial charge in [0.25, 0.3) is 0 Å². The van der Waals surface area contributed by atoms with Crippen LogP contribution in [0.4, 0.5) is 10.1 Å². The number of carbonyl (C=O) groups excluding carboxylic acids is 1. The lowest BCUT2D eigenvalue weighted by Crippen LogP contribution is -2.64. The molecule has 0 radical (unpaired) electrons. The summed E-state index contributed by atoms with van der Waals surface area (Å²) in [6, 6.07) is 2.18. The zero-order valence-electron chi connectivity index (χ0n) is 15.1. The third-order valence-corrected chi connectivity index (χ3v) is 6.72. The minimum atomic E-state index is -0.710. The number of carbonyl (C=O) groups is 1. The second-order valence-electron chi connectivity index (χ2n) is 8.57. The molecule has 136 valence electrons. The van der Waals surface area contributed by atoms with E-state index in [1.165, 1.54) is 0 Å². The highest BCUT2D eigenvalue weighted by Gasteiger charge is 2.55. The van der Waals surface area contributed by atoms with Crippen molar-refractivity contribution in [1.29, 1.82) is 0 Å². The lowest BCUT2D eigenvalue weighted by Gasteiger charge is -2.56. The van der Waals surface area contributed by atoms with Gasteiger partial charge < -0.3 is 4.90 Å². The molecule has 0 bridgehead atoms. The molecule has 25 heavy (non-hydrogen) atoms. The first kappa shape index (κ1) is 17.4. The fourth-order valence-corrected chi connectivity index (χ4v) is 5.10. The summed E-state index contributed by atoms with van der Waals surface area (Å²) in [6.07, 6.45) is 4.45. The summed E-state index contributed by atoms with van der Waals surface area (Å²) in [5, 5.41) is 0. The number of hydrogen-bond acceptors (Lipinski definition) is 3. The quantitative estimate of drug-likeness (QED) is 0.744. The van der Waals surface area contributed by atoms with Crippen LogP contribution in [0.5, 0.6) is 0 Å². The van der Waals surface area contributed by atoms with Crippen molar-refractivity contribution in [2.24, 2.45) is 0 Å². The number of anilines is 1. The van der Waals surface area contributed by atoms with Crippen molar-refractivity contribution < 1.29 is 9.18 Å². The van der Waals surface area contributed by atoms with E-state index in [0.29, 0.717) is 13.0 Å². The van der Waals surface area contributed by atoms with Crippen molar-refractivity contribution in [3.05, 3.63) is 22.4 Å². The predicted octanol–water partition coefficient (Wildman–Crippen LogP) is 3.82. The maximum absolute atomic E-state index is 13.8. The number of hydrogen-bond donors (Lipinski definition) is 0. The van der Waals surface area contributed by atoms with Gasteiger partial charge in [0.1, 0.15) is 6.17 Å². The number of nitrogens with zero attached hydrogens (tertiary/aromatic N) is 3. The number of halogens is 2. The van der Waals surface area contributed by atoms with E-state index in [-0.39, 0.29) is 17.5 Å². The van der Waals surface area contributed by atoms with Gasteiger partial charge in [-0.15, -0.1) is 0 Å². The molecule has 1 aromatic heterocycles. The van der Waals surface area contributed by atoms with Crippen LogP contribution in [0.3, 0.4) is 0 Å². The number of alkyl halides is 1. The maximum Gasteiger partial charge on any atom is 0.239 e. The molecule has 1 amide bonds. The normalized spacial score (nSPS) is 34.8. The molecule has 0 aromatic carbocycles. The van der Waals surface area contributed by atoms with Crippen molar-refractivity contribution in [2.75, 3.05) is 18.0 Å². The van der Waals surface area contributed by atoms with Crippen LogP contribution in [0.25, 0.3) is 0 Å². The third-order valence-electron chi connectivity index (χ3n) is 6.28. The average Bonchev–Trinajstić information content (AvgIpc) is 2.71. The van der Waals surface area contributed by atoms with E-state index >= 15 is 0 Å². The highest BCUT2D eigenvalue weighted by molar-refractivity contribution is 9.10. The van der Waals surface area contributed by atoms with Gasteiger partial charge in [-0.1, -0.05) is 0 Å². The first-order chi connectivity index (χ1) is 11.7. The zero-order chi connectivity index (χ0) is 18.0. The van der Waals surface area contributed by atoms with Gasteiger partial charge in [0.05, 0.1) is 16.8 Å². The summed E-state index contributed by atoms with van der Waals surface area (Å²) < 4.78 is 14.7. The Hall–Kier alpha value is -1.01. The summed E-state index contributed by atoms with van der Waals surface area (Å²) in [5.74, 6) is 0.127. The van der Waals surface area contributed by atoms with E-state index < -0.39 is 11.6 Å². The fraction of sp³-hybridized carbons (Fsp3) is 0.684. The summed E-state index contributed by atoms with van der Waals surface area (Å²) in [6.45, 7) is 7.61. The number of aromatic nitrogens is 1. The number of amides is 1. The van der Waals surface area contributed by atoms with Crippen LogP contribution in [0.1, 0.15) is 52.1 Å². The summed E-state index contributed by atoms with van der Waals surface area (Å²) in [4.78, 5) is 21.8. The van der Waals surface area contributed by atoms with E-state index in [4.69, 9.17) is 0 Å². The van der Waals surface area contributed by atoms with E-state index in [1.807, 2.05) is 24.8 Å². The molecule has 4 rings (SSSR count). The summed E-state index contributed by atoms with van der Waals surface area (Å²) in [5.41, 5.74) is 1.20. The van der Waals surface area contributed by atoms with Gasteiger partial charge in [-0.05, 0) is 75.0 Å². The largest absolute Gasteiger partial charge is 0.307 e. The summed E-state index contributed by atoms with van der Waals surface area (Å²) in [7, 11) is 0. The van der Waals surface area contributed by atoms with E-state index in [0.717, 1.165) is 41.7 Å². The Morgan fingerprint density at radius 2 is 2.04 bits per heavy atom. The smallest absolute Gasteiger partial charge is 0.239 e. The van der Waals surface area contributed by atoms with E-state index in [9.17, 15) is 9.18 Å². The van der Waals surface area contributed by atoms with Crippen molar-refractivity contribution in [1.82, 2.24) is 9.88 Å². The molecule has 1 saturated carbocycles. The van der Waals surface area contributed by atoms with Gasteiger partial charge in [-0.3, -0.25) is 14.7 Å². The molecule has 0 spiro atoms. The van der Waals surface area contributed by atoms with Crippen LogP contribution in [0.15, 0.2) is 16.7 Å². The Morgan fingerprint density at radius 1 is 1.32 bits per heavy atom. The molecule has 1 atom stereocenters. The molecule has 4 nitrogen and oxygen atoms in total. The molecular weight excluding hydrogens is 385 g/mol. The first-order valence-electron chi connectivity index (χ1n) is 9.11. The topological polar surface area (TPSA) is 36.4 Å². The van der Waals surface area contributed by atoms with Gasteiger partial charge in [-0.2, -0.15) is 0 Å². The molecule has 1 unspecified atom stereocenters. The Bertz CT molecular complexity index is 717. The molecule has 2 aliphatic heterocycles. The van der Waals surface area contributed by atoms with Crippen LogP contribution in [0, 0.1) is 0 Å². The second-order valence-corrected chi connectivity index (χ2v) is 9.48. The molecule has 0 N–H and O–H groups in total. The van der Waals surface area contributed by atoms with Crippen LogP contribution in [-0.2, 0) is 10.2 Å². The van der Waals surface area contributed by atoms with Crippen LogP contribution >= 0.6 is 15.9 Å². The van der Waals surface area contributed by atoms with E-state index in [1.54, 1.807) is 6.20 Å². The highest BCUT2D eigenvalue weighted by Crippen LogP contribution is 2.49. The van der Waals surface area contributed by atoms with Gasteiger partial charge >= 0.3 is 0 Å². The zero-order valence-corrected chi connectivity index (χ0v) is 16.6. The first-order valence-corrected chi connectivity index (χ1v) is 9.90. The minimum absolute atomic E-state index is 0.00203. The Labute approximate surface area is 156 Å². The van der Waals surface area contributed by atoms with Crippen molar-refractivity contribution in [3.8, 4) is 0 Å². The molecule has 3 heterocycles. The number of likely N-dealkylation sites (tertiary alicyclic amines) is 1. The van der Waals surface area contributed by atoms with Gasteiger partial charge in [0.15, 0.2) is 0 Å². The minimum Gasteiger partial charge on any atom is -0.307 e. The number of rotatable bonds is 2. The van der Waals surface area contributed by atoms with E-state index in [2.05, 4.69) is 32.7 Å². The molecule has 1 saturated heterocycles. The summed E-state index contributed by atoms with van der Waals surface area (Å²) >= 11 is 3.48. The van der Waals surface area contributed by atoms with Crippen LogP contribution < -0.4 is 4.90 Å². The molecule has 2 fully saturated rings. The standard InChI is InChI=1S/C19H25BrFN3O/c1-18(2)16-15(7-12(20)10-22-16)24(17(18)25)14-8-19(3,9-14)23-6-4-5-13(21)11-23/h7,10,13-14H,4-6,8-9,11H2,1-3H3.